The molecule has 37 heavy (non-hydrogen) atoms. The van der Waals surface area contributed by atoms with E-state index in [1.165, 1.54) is 42.3 Å². The van der Waals surface area contributed by atoms with Crippen LogP contribution in [0.2, 0.25) is 0 Å². The highest BCUT2D eigenvalue weighted by molar-refractivity contribution is 9.10. The number of piperidine rings is 1. The van der Waals surface area contributed by atoms with Crippen LogP contribution in [0.5, 0.6) is 5.75 Å². The lowest BCUT2D eigenvalue weighted by molar-refractivity contribution is -0.274. The fourth-order valence-electron chi connectivity index (χ4n) is 4.12. The summed E-state index contributed by atoms with van der Waals surface area (Å²) in [5.74, 6) is -1.42. The Labute approximate surface area is 225 Å². The minimum Gasteiger partial charge on any atom is -0.406 e. The number of benzene rings is 2. The minimum absolute atomic E-state index is 0.0159. The smallest absolute Gasteiger partial charge is 0.406 e. The van der Waals surface area contributed by atoms with E-state index in [-0.39, 0.29) is 23.1 Å². The second kappa shape index (κ2) is 11.6. The van der Waals surface area contributed by atoms with Gasteiger partial charge in [0.05, 0.1) is 5.56 Å². The van der Waals surface area contributed by atoms with Gasteiger partial charge in [0.2, 0.25) is 0 Å². The van der Waals surface area contributed by atoms with Crippen molar-refractivity contribution in [1.82, 2.24) is 9.62 Å². The summed E-state index contributed by atoms with van der Waals surface area (Å²) in [4.78, 5) is 14.6. The Hall–Kier alpha value is -2.31. The van der Waals surface area contributed by atoms with Crippen LogP contribution < -0.4 is 14.8 Å². The lowest BCUT2D eigenvalue weighted by atomic mass is 10.00. The summed E-state index contributed by atoms with van der Waals surface area (Å²) in [6.07, 6.45) is -1.24. The summed E-state index contributed by atoms with van der Waals surface area (Å²) in [7, 11) is 0. The Morgan fingerprint density at radius 2 is 1.86 bits per heavy atom. The predicted molar refractivity (Wildman–Crippen MR) is 140 cm³/mol. The molecule has 2 aliphatic rings. The number of likely N-dealkylation sites (tertiary alicyclic amines) is 1. The molecule has 12 heteroatoms. The molecule has 0 atom stereocenters. The van der Waals surface area contributed by atoms with Crippen molar-refractivity contribution in [2.24, 2.45) is 0 Å². The first-order valence-corrected chi connectivity index (χ1v) is 13.5. The molecule has 4 rings (SSSR count). The van der Waals surface area contributed by atoms with Gasteiger partial charge in [0, 0.05) is 52.4 Å². The molecule has 1 aliphatic heterocycles. The predicted octanol–water partition coefficient (Wildman–Crippen LogP) is 6.49. The normalized spacial score (nSPS) is 16.9. The van der Waals surface area contributed by atoms with Gasteiger partial charge in [0.1, 0.15) is 11.6 Å². The summed E-state index contributed by atoms with van der Waals surface area (Å²) in [6, 6.07) is 6.90. The molecule has 1 amide bonds. The molecule has 2 fully saturated rings. The fraction of sp³-hybridized carbons (Fsp3) is 0.440. The molecule has 0 unspecified atom stereocenters. The van der Waals surface area contributed by atoms with Gasteiger partial charge < -0.3 is 15.5 Å². The molecular formula is C25H27BrF4N4O2S. The van der Waals surface area contributed by atoms with Gasteiger partial charge in [-0.2, -0.15) is 0 Å². The zero-order valence-electron chi connectivity index (χ0n) is 20.1. The first-order valence-electron chi connectivity index (χ1n) is 11.9. The van der Waals surface area contributed by atoms with E-state index in [1.807, 2.05) is 0 Å². The maximum atomic E-state index is 14.8. The van der Waals surface area contributed by atoms with E-state index >= 15 is 0 Å². The average Bonchev–Trinajstić information content (AvgIpc) is 3.64. The quantitative estimate of drug-likeness (QED) is 0.174. The standard InChI is InChI=1S/C25H27BrF4N4O2S/c1-14(31)19-11-20(24(35)33-37-18-3-4-18)22(27)12-23(19)32-16-6-8-34(9-7-16)13-15-10-17(2-5-21(15)26)36-25(28,29)30/h2,5,10-12,16,18,31-32H,3-4,6-9,13H2,1H3,(H,33,35). The zero-order chi connectivity index (χ0) is 26.7. The van der Waals surface area contributed by atoms with Crippen LogP contribution in [-0.2, 0) is 6.54 Å². The number of hydrogen-bond donors (Lipinski definition) is 3. The number of carbonyl (C=O) groups is 1. The van der Waals surface area contributed by atoms with Gasteiger partial charge in [-0.1, -0.05) is 15.9 Å². The topological polar surface area (TPSA) is 77.5 Å². The highest BCUT2D eigenvalue weighted by Gasteiger charge is 2.31. The number of rotatable bonds is 9. The molecule has 1 aliphatic carbocycles. The van der Waals surface area contributed by atoms with Crippen molar-refractivity contribution < 1.29 is 27.1 Å². The third-order valence-electron chi connectivity index (χ3n) is 6.19. The van der Waals surface area contributed by atoms with Crippen LogP contribution in [0.3, 0.4) is 0 Å². The van der Waals surface area contributed by atoms with E-state index in [0.717, 1.165) is 12.8 Å². The maximum Gasteiger partial charge on any atom is 0.573 e. The van der Waals surface area contributed by atoms with Crippen molar-refractivity contribution in [3.8, 4) is 5.75 Å². The number of amides is 1. The van der Waals surface area contributed by atoms with Crippen LogP contribution in [0.25, 0.3) is 0 Å². The highest BCUT2D eigenvalue weighted by Crippen LogP contribution is 2.33. The first kappa shape index (κ1) is 27.7. The largest absolute Gasteiger partial charge is 0.573 e. The van der Waals surface area contributed by atoms with E-state index in [9.17, 15) is 22.4 Å². The van der Waals surface area contributed by atoms with Gasteiger partial charge in [0.15, 0.2) is 0 Å². The third-order valence-corrected chi connectivity index (χ3v) is 8.07. The molecule has 2 aromatic rings. The average molecular weight is 603 g/mol. The molecule has 1 saturated heterocycles. The van der Waals surface area contributed by atoms with Crippen LogP contribution in [0.1, 0.15) is 54.1 Å². The van der Waals surface area contributed by atoms with Crippen LogP contribution >= 0.6 is 27.9 Å². The summed E-state index contributed by atoms with van der Waals surface area (Å²) in [5, 5.41) is 11.9. The number of carbonyl (C=O) groups excluding carboxylic acids is 1. The summed E-state index contributed by atoms with van der Waals surface area (Å²) in [6.45, 7) is 3.39. The molecule has 0 aromatic heterocycles. The number of ether oxygens (including phenoxy) is 1. The van der Waals surface area contributed by atoms with E-state index in [4.69, 9.17) is 5.41 Å². The summed E-state index contributed by atoms with van der Waals surface area (Å²) >= 11 is 4.70. The number of alkyl halides is 3. The first-order chi connectivity index (χ1) is 17.5. The highest BCUT2D eigenvalue weighted by atomic mass is 79.9. The van der Waals surface area contributed by atoms with Crippen LogP contribution in [0.15, 0.2) is 34.8 Å². The Balaban J connectivity index is 1.37. The van der Waals surface area contributed by atoms with Crippen molar-refractivity contribution in [3.63, 3.8) is 0 Å². The fourth-order valence-corrected chi connectivity index (χ4v) is 5.25. The second-order valence-corrected chi connectivity index (χ2v) is 11.2. The van der Waals surface area contributed by atoms with E-state index < -0.39 is 18.1 Å². The lowest BCUT2D eigenvalue weighted by Gasteiger charge is -2.33. The molecular weight excluding hydrogens is 576 g/mol. The number of nitrogens with zero attached hydrogens (tertiary/aromatic N) is 1. The zero-order valence-corrected chi connectivity index (χ0v) is 22.5. The van der Waals surface area contributed by atoms with Gasteiger partial charge in [-0.3, -0.25) is 14.4 Å². The van der Waals surface area contributed by atoms with Crippen molar-refractivity contribution >= 4 is 45.2 Å². The molecule has 0 bridgehead atoms. The Morgan fingerprint density at radius 3 is 2.49 bits per heavy atom. The Bertz CT molecular complexity index is 1170. The summed E-state index contributed by atoms with van der Waals surface area (Å²) in [5.41, 5.74) is 1.75. The number of anilines is 1. The van der Waals surface area contributed by atoms with E-state index in [0.29, 0.717) is 59.0 Å². The van der Waals surface area contributed by atoms with E-state index in [1.54, 1.807) is 6.92 Å². The molecule has 1 heterocycles. The Kier molecular flexibility index (Phi) is 8.70. The molecule has 1 saturated carbocycles. The number of halogens is 5. The van der Waals surface area contributed by atoms with Crippen molar-refractivity contribution in [1.29, 1.82) is 5.41 Å². The van der Waals surface area contributed by atoms with Crippen LogP contribution in [-0.4, -0.2) is 47.3 Å². The molecule has 0 radical (unpaired) electrons. The van der Waals surface area contributed by atoms with Crippen LogP contribution in [0, 0.1) is 11.2 Å². The minimum atomic E-state index is -4.75. The number of hydrogen-bond acceptors (Lipinski definition) is 6. The van der Waals surface area contributed by atoms with Crippen molar-refractivity contribution in [2.75, 3.05) is 18.4 Å². The molecule has 200 valence electrons. The molecule has 3 N–H and O–H groups in total. The van der Waals surface area contributed by atoms with Crippen molar-refractivity contribution in [3.05, 3.63) is 57.3 Å². The molecule has 2 aromatic carbocycles. The molecule has 6 nitrogen and oxygen atoms in total. The van der Waals surface area contributed by atoms with Gasteiger partial charge in [0.25, 0.3) is 5.91 Å². The van der Waals surface area contributed by atoms with E-state index in [2.05, 4.69) is 35.6 Å². The number of nitrogens with one attached hydrogen (secondary N) is 3. The van der Waals surface area contributed by atoms with Gasteiger partial charge in [-0.15, -0.1) is 13.2 Å². The summed E-state index contributed by atoms with van der Waals surface area (Å²) < 4.78 is 60.0. The van der Waals surface area contributed by atoms with Gasteiger partial charge in [-0.25, -0.2) is 4.39 Å². The lowest BCUT2D eigenvalue weighted by Crippen LogP contribution is -2.39. The van der Waals surface area contributed by atoms with Crippen LogP contribution in [0.4, 0.5) is 23.2 Å². The maximum absolute atomic E-state index is 14.8. The Morgan fingerprint density at radius 1 is 1.16 bits per heavy atom. The molecule has 0 spiro atoms. The SMILES string of the molecule is CC(=N)c1cc(C(=O)NSC2CC2)c(F)cc1NC1CCN(Cc2cc(OC(F)(F)F)ccc2Br)CC1. The van der Waals surface area contributed by atoms with Gasteiger partial charge >= 0.3 is 6.36 Å². The third kappa shape index (κ3) is 7.84. The second-order valence-electron chi connectivity index (χ2n) is 9.25. The monoisotopic (exact) mass is 602 g/mol. The van der Waals surface area contributed by atoms with Gasteiger partial charge in [-0.05, 0) is 80.5 Å². The van der Waals surface area contributed by atoms with Crippen molar-refractivity contribution in [2.45, 2.75) is 56.8 Å².